The summed E-state index contributed by atoms with van der Waals surface area (Å²) in [6.07, 6.45) is -0.514. The molecule has 0 spiro atoms. The highest BCUT2D eigenvalue weighted by atomic mass is 16.3. The molecule has 1 aromatic rings. The van der Waals surface area contributed by atoms with Crippen molar-refractivity contribution in [3.05, 3.63) is 35.4 Å². The molecule has 2 nitrogen and oxygen atoms in total. The van der Waals surface area contributed by atoms with E-state index in [1.807, 2.05) is 12.1 Å². The second-order valence-corrected chi connectivity index (χ2v) is 5.14. The number of nitrogens with two attached hydrogens (primary N) is 1. The molecule has 15 heavy (non-hydrogen) atoms. The molecule has 0 saturated carbocycles. The zero-order chi connectivity index (χ0) is 11.6. The Labute approximate surface area is 92.1 Å². The van der Waals surface area contributed by atoms with Crippen molar-refractivity contribution in [1.82, 2.24) is 0 Å². The molecule has 0 aliphatic carbocycles. The van der Waals surface area contributed by atoms with E-state index in [0.717, 1.165) is 5.56 Å². The first-order chi connectivity index (χ1) is 6.82. The standard InChI is InChI=1S/C13H21NO/c1-9(15)12(14)10-6-5-7-11(8-10)13(2,3)4/h5-9,12,15H,14H2,1-4H3/t9?,12-/m1/s1. The van der Waals surface area contributed by atoms with Gasteiger partial charge in [0.25, 0.3) is 0 Å². The number of benzene rings is 1. The van der Waals surface area contributed by atoms with Crippen LogP contribution >= 0.6 is 0 Å². The Morgan fingerprint density at radius 2 is 1.87 bits per heavy atom. The van der Waals surface area contributed by atoms with Gasteiger partial charge in [-0.1, -0.05) is 45.0 Å². The van der Waals surface area contributed by atoms with Crippen molar-refractivity contribution < 1.29 is 5.11 Å². The predicted molar refractivity (Wildman–Crippen MR) is 63.8 cm³/mol. The molecule has 0 aliphatic rings. The summed E-state index contributed by atoms with van der Waals surface area (Å²) in [5.41, 5.74) is 8.26. The van der Waals surface area contributed by atoms with Crippen LogP contribution in [0.4, 0.5) is 0 Å². The minimum Gasteiger partial charge on any atom is -0.391 e. The Morgan fingerprint density at radius 1 is 1.27 bits per heavy atom. The van der Waals surface area contributed by atoms with Crippen molar-refractivity contribution >= 4 is 0 Å². The van der Waals surface area contributed by atoms with Gasteiger partial charge in [0.2, 0.25) is 0 Å². The van der Waals surface area contributed by atoms with E-state index >= 15 is 0 Å². The van der Waals surface area contributed by atoms with E-state index in [4.69, 9.17) is 5.73 Å². The van der Waals surface area contributed by atoms with Crippen LogP contribution in [0.15, 0.2) is 24.3 Å². The average Bonchev–Trinajstić information content (AvgIpc) is 2.15. The lowest BCUT2D eigenvalue weighted by Crippen LogP contribution is -2.23. The maximum Gasteiger partial charge on any atom is 0.0704 e. The van der Waals surface area contributed by atoms with E-state index in [2.05, 4.69) is 32.9 Å². The molecule has 0 aliphatic heterocycles. The van der Waals surface area contributed by atoms with Crippen LogP contribution < -0.4 is 5.73 Å². The van der Waals surface area contributed by atoms with Crippen LogP contribution in [0.3, 0.4) is 0 Å². The predicted octanol–water partition coefficient (Wildman–Crippen LogP) is 2.36. The maximum absolute atomic E-state index is 9.44. The van der Waals surface area contributed by atoms with Gasteiger partial charge in [0.15, 0.2) is 0 Å². The summed E-state index contributed by atoms with van der Waals surface area (Å²) in [6.45, 7) is 8.22. The molecular weight excluding hydrogens is 186 g/mol. The van der Waals surface area contributed by atoms with Gasteiger partial charge in [-0.05, 0) is 23.5 Å². The first-order valence-corrected chi connectivity index (χ1v) is 5.36. The third-order valence-electron chi connectivity index (χ3n) is 2.66. The molecule has 1 unspecified atom stereocenters. The van der Waals surface area contributed by atoms with Gasteiger partial charge in [0, 0.05) is 0 Å². The molecule has 0 amide bonds. The van der Waals surface area contributed by atoms with Crippen LogP contribution in [-0.4, -0.2) is 11.2 Å². The molecule has 0 saturated heterocycles. The SMILES string of the molecule is CC(O)[C@@H](N)c1cccc(C(C)(C)C)c1. The lowest BCUT2D eigenvalue weighted by atomic mass is 9.85. The van der Waals surface area contributed by atoms with E-state index in [-0.39, 0.29) is 11.5 Å². The molecule has 0 heterocycles. The van der Waals surface area contributed by atoms with Crippen LogP contribution in [0.25, 0.3) is 0 Å². The molecule has 0 bridgehead atoms. The molecule has 1 rings (SSSR count). The average molecular weight is 207 g/mol. The van der Waals surface area contributed by atoms with Gasteiger partial charge in [0.1, 0.15) is 0 Å². The summed E-state index contributed by atoms with van der Waals surface area (Å²) < 4.78 is 0. The van der Waals surface area contributed by atoms with Gasteiger partial charge in [-0.25, -0.2) is 0 Å². The van der Waals surface area contributed by atoms with Crippen molar-refractivity contribution in [3.8, 4) is 0 Å². The zero-order valence-corrected chi connectivity index (χ0v) is 9.99. The monoisotopic (exact) mass is 207 g/mol. The highest BCUT2D eigenvalue weighted by Gasteiger charge is 2.17. The van der Waals surface area contributed by atoms with Gasteiger partial charge < -0.3 is 10.8 Å². The van der Waals surface area contributed by atoms with Gasteiger partial charge in [-0.2, -0.15) is 0 Å². The van der Waals surface area contributed by atoms with Crippen molar-refractivity contribution in [2.45, 2.75) is 45.3 Å². The summed E-state index contributed by atoms with van der Waals surface area (Å²) in [4.78, 5) is 0. The quantitative estimate of drug-likeness (QED) is 0.782. The van der Waals surface area contributed by atoms with Gasteiger partial charge in [0.05, 0.1) is 12.1 Å². The summed E-state index contributed by atoms with van der Waals surface area (Å²) in [5.74, 6) is 0. The maximum atomic E-state index is 9.44. The summed E-state index contributed by atoms with van der Waals surface area (Å²) in [7, 11) is 0. The second kappa shape index (κ2) is 4.33. The van der Waals surface area contributed by atoms with Crippen molar-refractivity contribution in [1.29, 1.82) is 0 Å². The summed E-state index contributed by atoms with van der Waals surface area (Å²) in [5, 5.41) is 9.44. The second-order valence-electron chi connectivity index (χ2n) is 5.14. The number of rotatable bonds is 2. The molecule has 84 valence electrons. The summed E-state index contributed by atoms with van der Waals surface area (Å²) >= 11 is 0. The molecule has 3 N–H and O–H groups in total. The fraction of sp³-hybridized carbons (Fsp3) is 0.538. The van der Waals surface area contributed by atoms with E-state index < -0.39 is 6.10 Å². The highest BCUT2D eigenvalue weighted by Crippen LogP contribution is 2.25. The topological polar surface area (TPSA) is 46.2 Å². The minimum absolute atomic E-state index is 0.119. The number of aliphatic hydroxyl groups is 1. The van der Waals surface area contributed by atoms with Crippen LogP contribution in [0.5, 0.6) is 0 Å². The Balaban J connectivity index is 3.03. The molecule has 0 fully saturated rings. The molecule has 2 heteroatoms. The largest absolute Gasteiger partial charge is 0.391 e. The number of aliphatic hydroxyl groups excluding tert-OH is 1. The fourth-order valence-corrected chi connectivity index (χ4v) is 1.49. The zero-order valence-electron chi connectivity index (χ0n) is 9.99. The van der Waals surface area contributed by atoms with E-state index in [0.29, 0.717) is 0 Å². The Kier molecular flexibility index (Phi) is 3.53. The molecule has 1 aromatic carbocycles. The van der Waals surface area contributed by atoms with Gasteiger partial charge in [-0.3, -0.25) is 0 Å². The molecule has 2 atom stereocenters. The summed E-state index contributed by atoms with van der Waals surface area (Å²) in [6, 6.07) is 7.84. The minimum atomic E-state index is -0.514. The highest BCUT2D eigenvalue weighted by molar-refractivity contribution is 5.30. The van der Waals surface area contributed by atoms with Crippen LogP contribution in [0.2, 0.25) is 0 Å². The lowest BCUT2D eigenvalue weighted by molar-refractivity contribution is 0.164. The van der Waals surface area contributed by atoms with Gasteiger partial charge in [-0.15, -0.1) is 0 Å². The van der Waals surface area contributed by atoms with Crippen LogP contribution in [-0.2, 0) is 5.41 Å². The van der Waals surface area contributed by atoms with Crippen molar-refractivity contribution in [2.24, 2.45) is 5.73 Å². The number of hydrogen-bond acceptors (Lipinski definition) is 2. The Morgan fingerprint density at radius 3 is 2.33 bits per heavy atom. The van der Waals surface area contributed by atoms with Crippen molar-refractivity contribution in [3.63, 3.8) is 0 Å². The number of hydrogen-bond donors (Lipinski definition) is 2. The van der Waals surface area contributed by atoms with Gasteiger partial charge >= 0.3 is 0 Å². The van der Waals surface area contributed by atoms with E-state index in [9.17, 15) is 5.11 Å². The van der Waals surface area contributed by atoms with Crippen LogP contribution in [0.1, 0.15) is 44.9 Å². The fourth-order valence-electron chi connectivity index (χ4n) is 1.49. The first kappa shape index (κ1) is 12.2. The molecular formula is C13H21NO. The third-order valence-corrected chi connectivity index (χ3v) is 2.66. The van der Waals surface area contributed by atoms with Crippen molar-refractivity contribution in [2.75, 3.05) is 0 Å². The van der Waals surface area contributed by atoms with E-state index in [1.165, 1.54) is 5.56 Å². The normalized spacial score (nSPS) is 16.1. The Hall–Kier alpha value is -0.860. The third kappa shape index (κ3) is 3.05. The smallest absolute Gasteiger partial charge is 0.0704 e. The van der Waals surface area contributed by atoms with E-state index in [1.54, 1.807) is 6.92 Å². The lowest BCUT2D eigenvalue weighted by Gasteiger charge is -2.22. The molecule has 0 aromatic heterocycles. The first-order valence-electron chi connectivity index (χ1n) is 5.36. The Bertz CT molecular complexity index is 326. The van der Waals surface area contributed by atoms with Crippen LogP contribution in [0, 0.1) is 0 Å². The molecule has 0 radical (unpaired) electrons.